The second-order valence-corrected chi connectivity index (χ2v) is 11.2. The number of anilines is 1. The normalized spacial score (nSPS) is 13.4. The quantitative estimate of drug-likeness (QED) is 0.310. The number of hydrogen-bond acceptors (Lipinski definition) is 11. The minimum Gasteiger partial charge on any atom is -0.497 e. The van der Waals surface area contributed by atoms with Crippen LogP contribution in [0.4, 0.5) is 5.00 Å². The summed E-state index contributed by atoms with van der Waals surface area (Å²) in [6.45, 7) is 1.89. The first-order valence-corrected chi connectivity index (χ1v) is 14.1. The second-order valence-electron chi connectivity index (χ2n) is 8.24. The number of nitrogens with zero attached hydrogens (tertiary/aromatic N) is 2. The fourth-order valence-corrected chi connectivity index (χ4v) is 6.28. The number of aryl methyl sites for hydroxylation is 1. The van der Waals surface area contributed by atoms with E-state index in [0.717, 1.165) is 36.1 Å². The number of ether oxygens (including phenoxy) is 3. The van der Waals surface area contributed by atoms with Crippen molar-refractivity contribution in [2.45, 2.75) is 44.3 Å². The maximum atomic E-state index is 12.9. The average molecular weight is 550 g/mol. The number of hydrogen-bond donors (Lipinski definition) is 1. The number of nitrogens with one attached hydrogen (secondary N) is 1. The Hall–Kier alpha value is -3.45. The molecule has 0 saturated carbocycles. The molecule has 0 fully saturated rings. The Morgan fingerprint density at radius 3 is 2.62 bits per heavy atom. The lowest BCUT2D eigenvalue weighted by Crippen LogP contribution is -2.24. The highest BCUT2D eigenvalue weighted by Crippen LogP contribution is 2.38. The van der Waals surface area contributed by atoms with E-state index in [4.69, 9.17) is 18.6 Å². The Balaban J connectivity index is 1.56. The number of aromatic nitrogens is 2. The third-order valence-corrected chi connectivity index (χ3v) is 8.33. The molecule has 2 aromatic heterocycles. The van der Waals surface area contributed by atoms with Crippen molar-refractivity contribution in [3.05, 3.63) is 34.2 Å². The third kappa shape index (κ3) is 5.77. The van der Waals surface area contributed by atoms with Gasteiger partial charge in [0.05, 0.1) is 32.0 Å². The molecule has 2 heterocycles. The SMILES string of the molecule is CCOC(=O)c1c(NC(=O)CS(=O)(=O)c2nnc(-c3cc(OC)ccc3OC)o2)sc2c1CCCCC2. The average Bonchev–Trinajstić information content (AvgIpc) is 3.43. The number of amides is 1. The maximum absolute atomic E-state index is 12.9. The lowest BCUT2D eigenvalue weighted by Gasteiger charge is -2.08. The van der Waals surface area contributed by atoms with Crippen molar-refractivity contribution in [3.63, 3.8) is 0 Å². The van der Waals surface area contributed by atoms with Crippen LogP contribution in [0.2, 0.25) is 0 Å². The van der Waals surface area contributed by atoms with Crippen LogP contribution in [0.3, 0.4) is 0 Å². The van der Waals surface area contributed by atoms with Crippen molar-refractivity contribution in [2.75, 3.05) is 31.9 Å². The van der Waals surface area contributed by atoms with Crippen molar-refractivity contribution in [1.82, 2.24) is 10.2 Å². The first kappa shape index (κ1) is 26.6. The van der Waals surface area contributed by atoms with Gasteiger partial charge in [0.2, 0.25) is 15.7 Å². The van der Waals surface area contributed by atoms with E-state index in [1.54, 1.807) is 25.1 Å². The first-order valence-electron chi connectivity index (χ1n) is 11.7. The van der Waals surface area contributed by atoms with Gasteiger partial charge in [0.1, 0.15) is 22.3 Å². The first-order chi connectivity index (χ1) is 17.8. The predicted molar refractivity (Wildman–Crippen MR) is 135 cm³/mol. The summed E-state index contributed by atoms with van der Waals surface area (Å²) in [7, 11) is -1.37. The molecule has 0 bridgehead atoms. The fourth-order valence-electron chi connectivity index (χ4n) is 4.07. The van der Waals surface area contributed by atoms with Gasteiger partial charge in [-0.3, -0.25) is 4.79 Å². The summed E-state index contributed by atoms with van der Waals surface area (Å²) in [4.78, 5) is 26.5. The van der Waals surface area contributed by atoms with Crippen molar-refractivity contribution in [3.8, 4) is 23.0 Å². The van der Waals surface area contributed by atoms with Gasteiger partial charge in [0.25, 0.3) is 5.89 Å². The van der Waals surface area contributed by atoms with Gasteiger partial charge >= 0.3 is 11.2 Å². The standard InChI is InChI=1S/C24H27N3O8S2/c1-4-34-23(29)20-15-8-6-5-7-9-18(15)36-22(20)25-19(28)13-37(30,31)24-27-26-21(35-24)16-12-14(32-2)10-11-17(16)33-3/h10-12H,4-9,13H2,1-3H3,(H,25,28). The molecule has 0 saturated heterocycles. The van der Waals surface area contributed by atoms with Crippen LogP contribution in [0, 0.1) is 0 Å². The molecule has 1 N–H and O–H groups in total. The van der Waals surface area contributed by atoms with E-state index in [1.807, 2.05) is 0 Å². The lowest BCUT2D eigenvalue weighted by molar-refractivity contribution is -0.113. The summed E-state index contributed by atoms with van der Waals surface area (Å²) >= 11 is 1.28. The largest absolute Gasteiger partial charge is 0.497 e. The van der Waals surface area contributed by atoms with Gasteiger partial charge in [-0.05, 0) is 56.4 Å². The summed E-state index contributed by atoms with van der Waals surface area (Å²) in [5, 5.41) is 9.63. The monoisotopic (exact) mass is 549 g/mol. The molecule has 4 rings (SSSR count). The Morgan fingerprint density at radius 2 is 1.89 bits per heavy atom. The highest BCUT2D eigenvalue weighted by molar-refractivity contribution is 7.91. The molecule has 1 amide bonds. The predicted octanol–water partition coefficient (Wildman–Crippen LogP) is 3.67. The number of fused-ring (bicyclic) bond motifs is 1. The molecule has 198 valence electrons. The summed E-state index contributed by atoms with van der Waals surface area (Å²) in [6, 6.07) is 4.84. The van der Waals surface area contributed by atoms with Crippen molar-refractivity contribution in [1.29, 1.82) is 0 Å². The highest BCUT2D eigenvalue weighted by atomic mass is 32.2. The van der Waals surface area contributed by atoms with Crippen LogP contribution < -0.4 is 14.8 Å². The summed E-state index contributed by atoms with van der Waals surface area (Å²) in [6.07, 6.45) is 4.45. The van der Waals surface area contributed by atoms with Crippen LogP contribution in [0.5, 0.6) is 11.5 Å². The minimum atomic E-state index is -4.29. The van der Waals surface area contributed by atoms with Crippen LogP contribution in [0.25, 0.3) is 11.5 Å². The number of carbonyl (C=O) groups excluding carboxylic acids is 2. The molecule has 1 aromatic carbocycles. The van der Waals surface area contributed by atoms with Crippen molar-refractivity contribution >= 4 is 38.1 Å². The van der Waals surface area contributed by atoms with Gasteiger partial charge in [-0.2, -0.15) is 0 Å². The van der Waals surface area contributed by atoms with Crippen molar-refractivity contribution in [2.24, 2.45) is 0 Å². The van der Waals surface area contributed by atoms with Gasteiger partial charge in [0, 0.05) is 4.88 Å². The number of rotatable bonds is 9. The van der Waals surface area contributed by atoms with E-state index in [0.29, 0.717) is 29.0 Å². The third-order valence-electron chi connectivity index (χ3n) is 5.78. The highest BCUT2D eigenvalue weighted by Gasteiger charge is 2.30. The summed E-state index contributed by atoms with van der Waals surface area (Å²) < 4.78 is 46.9. The molecule has 37 heavy (non-hydrogen) atoms. The maximum Gasteiger partial charge on any atom is 0.341 e. The minimum absolute atomic E-state index is 0.110. The molecule has 1 aliphatic carbocycles. The molecule has 13 heteroatoms. The van der Waals surface area contributed by atoms with Crippen molar-refractivity contribution < 1.29 is 36.6 Å². The molecular weight excluding hydrogens is 522 g/mol. The van der Waals surface area contributed by atoms with Gasteiger partial charge < -0.3 is 23.9 Å². The molecule has 0 spiro atoms. The van der Waals surface area contributed by atoms with Gasteiger partial charge in [-0.25, -0.2) is 13.2 Å². The van der Waals surface area contributed by atoms with Crippen LogP contribution in [0.15, 0.2) is 27.8 Å². The van der Waals surface area contributed by atoms with E-state index < -0.39 is 32.7 Å². The topological polar surface area (TPSA) is 147 Å². The van der Waals surface area contributed by atoms with Crippen LogP contribution in [0.1, 0.15) is 47.0 Å². The molecule has 11 nitrogen and oxygen atoms in total. The van der Waals surface area contributed by atoms with Gasteiger partial charge in [0.15, 0.2) is 0 Å². The molecule has 1 aliphatic rings. The Morgan fingerprint density at radius 1 is 1.11 bits per heavy atom. The smallest absolute Gasteiger partial charge is 0.341 e. The number of methoxy groups -OCH3 is 2. The molecule has 3 aromatic rings. The van der Waals surface area contributed by atoms with Crippen LogP contribution in [-0.2, 0) is 32.2 Å². The van der Waals surface area contributed by atoms with E-state index >= 15 is 0 Å². The lowest BCUT2D eigenvalue weighted by atomic mass is 10.1. The zero-order valence-corrected chi connectivity index (χ0v) is 22.3. The fraction of sp³-hybridized carbons (Fsp3) is 0.417. The van der Waals surface area contributed by atoms with Crippen LogP contribution >= 0.6 is 11.3 Å². The Labute approximate surface area is 218 Å². The Bertz CT molecular complexity index is 1410. The van der Waals surface area contributed by atoms with Gasteiger partial charge in [-0.1, -0.05) is 11.5 Å². The molecule has 0 atom stereocenters. The number of benzene rings is 1. The molecule has 0 radical (unpaired) electrons. The molecular formula is C24H27N3O8S2. The van der Waals surface area contributed by atoms with Crippen LogP contribution in [-0.4, -0.2) is 57.1 Å². The number of sulfone groups is 1. The Kier molecular flexibility index (Phi) is 8.13. The van der Waals surface area contributed by atoms with E-state index in [9.17, 15) is 18.0 Å². The number of carbonyl (C=O) groups is 2. The second kappa shape index (κ2) is 11.3. The van der Waals surface area contributed by atoms with Gasteiger partial charge in [-0.15, -0.1) is 16.4 Å². The van der Waals surface area contributed by atoms with E-state index in [2.05, 4.69) is 15.5 Å². The number of esters is 1. The molecule has 0 unspecified atom stereocenters. The van der Waals surface area contributed by atoms with E-state index in [1.165, 1.54) is 25.6 Å². The summed E-state index contributed by atoms with van der Waals surface area (Å²) in [5.41, 5.74) is 1.51. The van der Waals surface area contributed by atoms with E-state index in [-0.39, 0.29) is 17.5 Å². The molecule has 0 aliphatic heterocycles. The zero-order chi connectivity index (χ0) is 26.6. The number of thiophene rings is 1. The zero-order valence-electron chi connectivity index (χ0n) is 20.7. The summed E-state index contributed by atoms with van der Waals surface area (Å²) in [5.74, 6) is -1.58.